The third-order valence-corrected chi connectivity index (χ3v) is 2.75. The summed E-state index contributed by atoms with van der Waals surface area (Å²) in [5.41, 5.74) is 7.13. The van der Waals surface area contributed by atoms with Crippen molar-refractivity contribution in [2.75, 3.05) is 19.6 Å². The maximum Gasteiger partial charge on any atom is 0.0599 e. The molecule has 0 fully saturated rings. The van der Waals surface area contributed by atoms with Crippen LogP contribution in [0.4, 0.5) is 0 Å². The average molecular weight is 216 g/mol. The Hall–Kier alpha value is -1.30. The predicted octanol–water partition coefficient (Wildman–Crippen LogP) is 1.82. The van der Waals surface area contributed by atoms with Crippen molar-refractivity contribution in [1.29, 1.82) is 0 Å². The molecule has 2 heteroatoms. The van der Waals surface area contributed by atoms with E-state index in [1.807, 2.05) is 25.1 Å². The van der Waals surface area contributed by atoms with Gasteiger partial charge in [0.25, 0.3) is 0 Å². The first-order valence-electron chi connectivity index (χ1n) is 5.60. The zero-order valence-corrected chi connectivity index (χ0v) is 10.1. The number of hydrogen-bond acceptors (Lipinski definition) is 2. The van der Waals surface area contributed by atoms with E-state index in [0.29, 0.717) is 6.54 Å². The van der Waals surface area contributed by atoms with Crippen LogP contribution in [0, 0.1) is 12.3 Å². The molecule has 1 unspecified atom stereocenters. The minimum absolute atomic E-state index is 0.353. The van der Waals surface area contributed by atoms with E-state index in [1.165, 1.54) is 0 Å². The largest absolute Gasteiger partial charge is 0.321 e. The van der Waals surface area contributed by atoms with Gasteiger partial charge < -0.3 is 5.73 Å². The Balaban J connectivity index is 2.75. The van der Waals surface area contributed by atoms with Crippen LogP contribution in [-0.2, 0) is 5.54 Å². The van der Waals surface area contributed by atoms with Crippen molar-refractivity contribution in [1.82, 2.24) is 4.90 Å². The van der Waals surface area contributed by atoms with Crippen molar-refractivity contribution >= 4 is 0 Å². The summed E-state index contributed by atoms with van der Waals surface area (Å²) in [7, 11) is 0. The lowest BCUT2D eigenvalue weighted by atomic mass is 9.92. The first-order chi connectivity index (χ1) is 7.60. The van der Waals surface area contributed by atoms with Crippen molar-refractivity contribution < 1.29 is 0 Å². The number of benzene rings is 1. The normalized spacial score (nSPS) is 14.4. The number of rotatable bonds is 5. The third kappa shape index (κ3) is 3.37. The summed E-state index contributed by atoms with van der Waals surface area (Å²) in [6.45, 7) is 6.48. The first-order valence-corrected chi connectivity index (χ1v) is 5.60. The second-order valence-electron chi connectivity index (χ2n) is 4.29. The molecule has 0 saturated heterocycles. The number of likely N-dealkylation sites (N-methyl/N-ethyl adjacent to an activating group) is 1. The summed E-state index contributed by atoms with van der Waals surface area (Å²) in [6, 6.07) is 10.1. The van der Waals surface area contributed by atoms with Crippen molar-refractivity contribution in [2.45, 2.75) is 19.4 Å². The summed E-state index contributed by atoms with van der Waals surface area (Å²) in [5, 5.41) is 0. The van der Waals surface area contributed by atoms with Crippen LogP contribution in [0.3, 0.4) is 0 Å². The van der Waals surface area contributed by atoms with Gasteiger partial charge in [-0.2, -0.15) is 0 Å². The second-order valence-corrected chi connectivity index (χ2v) is 4.29. The van der Waals surface area contributed by atoms with E-state index in [2.05, 4.69) is 29.9 Å². The van der Waals surface area contributed by atoms with Gasteiger partial charge >= 0.3 is 0 Å². The Morgan fingerprint density at radius 2 is 2.00 bits per heavy atom. The molecule has 1 aromatic rings. The lowest BCUT2D eigenvalue weighted by molar-refractivity contribution is 0.251. The molecule has 0 radical (unpaired) electrons. The van der Waals surface area contributed by atoms with Gasteiger partial charge in [-0.3, -0.25) is 4.90 Å². The molecule has 2 N–H and O–H groups in total. The highest BCUT2D eigenvalue weighted by atomic mass is 15.1. The van der Waals surface area contributed by atoms with E-state index in [0.717, 1.165) is 18.7 Å². The molecule has 0 aliphatic carbocycles. The van der Waals surface area contributed by atoms with Gasteiger partial charge in [-0.05, 0) is 19.0 Å². The van der Waals surface area contributed by atoms with Crippen LogP contribution in [0.2, 0.25) is 0 Å². The highest BCUT2D eigenvalue weighted by molar-refractivity contribution is 5.23. The fraction of sp³-hybridized carbons (Fsp3) is 0.429. The number of nitrogens with two attached hydrogens (primary N) is 1. The molecule has 0 aromatic heterocycles. The molecule has 0 saturated carbocycles. The van der Waals surface area contributed by atoms with Gasteiger partial charge in [-0.1, -0.05) is 43.2 Å². The average Bonchev–Trinajstić information content (AvgIpc) is 2.29. The molecule has 0 spiro atoms. The quantitative estimate of drug-likeness (QED) is 0.761. The fourth-order valence-electron chi connectivity index (χ4n) is 1.78. The van der Waals surface area contributed by atoms with Gasteiger partial charge in [0.15, 0.2) is 0 Å². The predicted molar refractivity (Wildman–Crippen MR) is 68.9 cm³/mol. The fourth-order valence-corrected chi connectivity index (χ4v) is 1.78. The smallest absolute Gasteiger partial charge is 0.0599 e. The molecule has 0 aliphatic rings. The minimum Gasteiger partial charge on any atom is -0.321 e. The zero-order chi connectivity index (χ0) is 12.0. The lowest BCUT2D eigenvalue weighted by Gasteiger charge is -2.31. The molecule has 1 atom stereocenters. The topological polar surface area (TPSA) is 29.3 Å². The van der Waals surface area contributed by atoms with Gasteiger partial charge in [-0.15, -0.1) is 6.42 Å². The molecule has 1 aromatic carbocycles. The van der Waals surface area contributed by atoms with Crippen molar-refractivity contribution in [3.8, 4) is 12.3 Å². The van der Waals surface area contributed by atoms with Gasteiger partial charge in [0.05, 0.1) is 12.1 Å². The van der Waals surface area contributed by atoms with Crippen molar-refractivity contribution in [3.63, 3.8) is 0 Å². The Morgan fingerprint density at radius 3 is 2.50 bits per heavy atom. The number of terminal acetylenes is 1. The van der Waals surface area contributed by atoms with E-state index >= 15 is 0 Å². The maximum atomic E-state index is 6.33. The summed E-state index contributed by atoms with van der Waals surface area (Å²) in [4.78, 5) is 2.17. The molecule has 86 valence electrons. The van der Waals surface area contributed by atoms with E-state index in [-0.39, 0.29) is 5.54 Å². The van der Waals surface area contributed by atoms with Crippen molar-refractivity contribution in [2.24, 2.45) is 5.73 Å². The molecular formula is C14H20N2. The highest BCUT2D eigenvalue weighted by Crippen LogP contribution is 2.18. The molecule has 2 nitrogen and oxygen atoms in total. The summed E-state index contributed by atoms with van der Waals surface area (Å²) >= 11 is 0. The Morgan fingerprint density at radius 1 is 1.38 bits per heavy atom. The van der Waals surface area contributed by atoms with Crippen LogP contribution in [-0.4, -0.2) is 24.5 Å². The van der Waals surface area contributed by atoms with Gasteiger partial charge in [0.2, 0.25) is 0 Å². The molecule has 0 bridgehead atoms. The monoisotopic (exact) mass is 216 g/mol. The summed E-state index contributed by atoms with van der Waals surface area (Å²) in [5.74, 6) is 2.66. The summed E-state index contributed by atoms with van der Waals surface area (Å²) in [6.07, 6.45) is 5.33. The summed E-state index contributed by atoms with van der Waals surface area (Å²) < 4.78 is 0. The maximum absolute atomic E-state index is 6.33. The standard InChI is InChI=1S/C14H20N2/c1-4-11-16(5-2)12-14(3,15)13-9-7-6-8-10-13/h1,6-10H,5,11-12,15H2,2-3H3. The Bertz CT molecular complexity index is 349. The highest BCUT2D eigenvalue weighted by Gasteiger charge is 2.23. The lowest BCUT2D eigenvalue weighted by Crippen LogP contribution is -2.45. The van der Waals surface area contributed by atoms with Crippen LogP contribution in [0.1, 0.15) is 19.4 Å². The van der Waals surface area contributed by atoms with Gasteiger partial charge in [0.1, 0.15) is 0 Å². The van der Waals surface area contributed by atoms with Gasteiger partial charge in [0, 0.05) is 6.54 Å². The molecule has 0 amide bonds. The molecule has 1 rings (SSSR count). The van der Waals surface area contributed by atoms with Crippen LogP contribution in [0.15, 0.2) is 30.3 Å². The third-order valence-electron chi connectivity index (χ3n) is 2.75. The van der Waals surface area contributed by atoms with E-state index < -0.39 is 0 Å². The molecule has 0 heterocycles. The SMILES string of the molecule is C#CCN(CC)CC(C)(N)c1ccccc1. The van der Waals surface area contributed by atoms with Crippen LogP contribution < -0.4 is 5.73 Å². The Labute approximate surface area is 98.4 Å². The van der Waals surface area contributed by atoms with Crippen LogP contribution in [0.5, 0.6) is 0 Å². The van der Waals surface area contributed by atoms with Crippen molar-refractivity contribution in [3.05, 3.63) is 35.9 Å². The van der Waals surface area contributed by atoms with Crippen LogP contribution >= 0.6 is 0 Å². The number of hydrogen-bond donors (Lipinski definition) is 1. The Kier molecular flexibility index (Phi) is 4.54. The van der Waals surface area contributed by atoms with Gasteiger partial charge in [-0.25, -0.2) is 0 Å². The molecule has 0 aliphatic heterocycles. The molecular weight excluding hydrogens is 196 g/mol. The number of nitrogens with zero attached hydrogens (tertiary/aromatic N) is 1. The molecule has 16 heavy (non-hydrogen) atoms. The first kappa shape index (κ1) is 12.8. The van der Waals surface area contributed by atoms with Crippen LogP contribution in [0.25, 0.3) is 0 Å². The minimum atomic E-state index is -0.353. The van der Waals surface area contributed by atoms with E-state index in [1.54, 1.807) is 0 Å². The van der Waals surface area contributed by atoms with E-state index in [4.69, 9.17) is 12.2 Å². The second kappa shape index (κ2) is 5.69. The van der Waals surface area contributed by atoms with E-state index in [9.17, 15) is 0 Å². The zero-order valence-electron chi connectivity index (χ0n) is 10.1.